The van der Waals surface area contributed by atoms with Gasteiger partial charge in [-0.15, -0.1) is 10.2 Å². The first-order valence-electron chi connectivity index (χ1n) is 9.82. The molecule has 168 valence electrons. The lowest BCUT2D eigenvalue weighted by atomic mass is 9.96. The summed E-state index contributed by atoms with van der Waals surface area (Å²) in [6, 6.07) is 19.3. The molecule has 0 saturated carbocycles. The Labute approximate surface area is 191 Å². The van der Waals surface area contributed by atoms with Gasteiger partial charge in [-0.2, -0.15) is 0 Å². The maximum atomic E-state index is 8.49. The lowest BCUT2D eigenvalue weighted by Crippen LogP contribution is -2.68. The molecule has 0 N–H and O–H groups in total. The quantitative estimate of drug-likeness (QED) is 0.614. The van der Waals surface area contributed by atoms with Crippen molar-refractivity contribution < 1.29 is 33.5 Å². The number of allylic oxidation sites excluding steroid dienone is 7. The van der Waals surface area contributed by atoms with Crippen molar-refractivity contribution in [2.45, 2.75) is 0 Å². The van der Waals surface area contributed by atoms with Gasteiger partial charge < -0.3 is 4.90 Å². The van der Waals surface area contributed by atoms with E-state index in [2.05, 4.69) is 129 Å². The average molecular weight is 455 g/mol. The summed E-state index contributed by atoms with van der Waals surface area (Å²) in [5.41, 5.74) is 7.26. The Morgan fingerprint density at radius 3 is 1.75 bits per heavy atom. The Hall–Kier alpha value is -3.00. The highest BCUT2D eigenvalue weighted by Gasteiger charge is 2.06. The van der Waals surface area contributed by atoms with Gasteiger partial charge in [0.25, 0.3) is 0 Å². The van der Waals surface area contributed by atoms with Crippen LogP contribution in [0.5, 0.6) is 0 Å². The number of hydrogen-bond donors (Lipinski definition) is 0. The lowest BCUT2D eigenvalue weighted by Gasteiger charge is -2.17. The molecule has 1 aliphatic rings. The van der Waals surface area contributed by atoms with E-state index < -0.39 is 10.2 Å². The molecule has 6 nitrogen and oxygen atoms in total. The summed E-state index contributed by atoms with van der Waals surface area (Å²) in [6.45, 7) is 0. The van der Waals surface area contributed by atoms with Gasteiger partial charge in [0.05, 0.1) is 0 Å². The largest absolute Gasteiger partial charge is 0.378 e. The lowest BCUT2D eigenvalue weighted by molar-refractivity contribution is -2.00. The summed E-state index contributed by atoms with van der Waals surface area (Å²) in [5.74, 6) is 0. The Balaban J connectivity index is 0.000000654. The molecule has 1 aliphatic carbocycles. The molecular weight excluding hydrogens is 428 g/mol. The number of anilines is 1. The van der Waals surface area contributed by atoms with Crippen molar-refractivity contribution in [3.63, 3.8) is 0 Å². The van der Waals surface area contributed by atoms with Gasteiger partial charge in [-0.1, -0.05) is 54.6 Å². The molecule has 0 heterocycles. The Kier molecular flexibility index (Phi) is 9.13. The van der Waals surface area contributed by atoms with Crippen molar-refractivity contribution >= 4 is 17.0 Å². The van der Waals surface area contributed by atoms with Gasteiger partial charge >= 0.3 is 0 Å². The minimum absolute atomic E-state index is 1.19. The van der Waals surface area contributed by atoms with E-state index in [-0.39, 0.29) is 0 Å². The average Bonchev–Trinajstić information content (AvgIpc) is 2.74. The summed E-state index contributed by atoms with van der Waals surface area (Å²) in [7, 11) is 3.30. The maximum absolute atomic E-state index is 8.49. The highest BCUT2D eigenvalue weighted by Crippen LogP contribution is 2.26. The molecule has 0 amide bonds. The van der Waals surface area contributed by atoms with Crippen LogP contribution >= 0.6 is 0 Å². The number of nitrogens with zero attached hydrogens (tertiary/aromatic N) is 2. The van der Waals surface area contributed by atoms with Crippen molar-refractivity contribution in [1.82, 2.24) is 0 Å². The van der Waals surface area contributed by atoms with E-state index in [1.54, 1.807) is 0 Å². The molecule has 32 heavy (non-hydrogen) atoms. The van der Waals surface area contributed by atoms with Crippen molar-refractivity contribution in [2.24, 2.45) is 0 Å². The van der Waals surface area contributed by atoms with E-state index in [4.69, 9.17) is 18.6 Å². The van der Waals surface area contributed by atoms with Gasteiger partial charge in [0.2, 0.25) is 0 Å². The molecule has 0 aromatic heterocycles. The zero-order chi connectivity index (χ0) is 23.7. The van der Waals surface area contributed by atoms with Crippen LogP contribution in [0.2, 0.25) is 0 Å². The second kappa shape index (κ2) is 11.6. The van der Waals surface area contributed by atoms with Gasteiger partial charge in [-0.25, -0.2) is 23.2 Å². The molecule has 0 aliphatic heterocycles. The second-order valence-electron chi connectivity index (χ2n) is 7.42. The van der Waals surface area contributed by atoms with Gasteiger partial charge in [-0.05, 0) is 46.6 Å². The van der Waals surface area contributed by atoms with Gasteiger partial charge in [0.15, 0.2) is 5.71 Å². The van der Waals surface area contributed by atoms with Crippen LogP contribution in [0.15, 0.2) is 96.6 Å². The Bertz CT molecular complexity index is 1020. The SMILES string of the molecule is CN(C)c1ccc(C(=CC=C2C=CC(=[N+](C)C)C=C2)c2ccccc2)cc1.[O-][Cl+3]([O-])([O-])[O-]. The van der Waals surface area contributed by atoms with Crippen molar-refractivity contribution in [1.29, 1.82) is 0 Å². The van der Waals surface area contributed by atoms with E-state index in [9.17, 15) is 0 Å². The molecule has 0 unspecified atom stereocenters. The highest BCUT2D eigenvalue weighted by atomic mass is 35.7. The smallest absolute Gasteiger partial charge is 0.199 e. The normalized spacial score (nSPS) is 13.4. The van der Waals surface area contributed by atoms with Crippen LogP contribution in [0, 0.1) is 10.2 Å². The zero-order valence-electron chi connectivity index (χ0n) is 18.6. The first kappa shape index (κ1) is 25.3. The summed E-state index contributed by atoms with van der Waals surface area (Å²) < 4.78 is 36.1. The first-order chi connectivity index (χ1) is 15.0. The standard InChI is InChI=1S/C25H27N2.ClHO4/c1-26(2)23-15-10-20(11-16-23)12-19-25(21-8-6-5-7-9-21)22-13-17-24(18-14-22)27(3)4;2-1(3,4)5/h5-19H,1-4H3;(H,2,3,4,5)/q+1;/p-1. The molecule has 2 aromatic carbocycles. The van der Waals surface area contributed by atoms with Gasteiger partial charge in [0.1, 0.15) is 14.1 Å². The number of hydrogen-bond acceptors (Lipinski definition) is 5. The molecule has 0 saturated heterocycles. The van der Waals surface area contributed by atoms with Crippen LogP contribution in [0.3, 0.4) is 0 Å². The Morgan fingerprint density at radius 1 is 0.781 bits per heavy atom. The topological polar surface area (TPSA) is 98.5 Å². The third-order valence-corrected chi connectivity index (χ3v) is 4.63. The zero-order valence-corrected chi connectivity index (χ0v) is 19.3. The molecular formula is C25H27ClN2O4. The van der Waals surface area contributed by atoms with Crippen LogP contribution in [-0.4, -0.2) is 38.5 Å². The first-order valence-corrected chi connectivity index (χ1v) is 11.1. The van der Waals surface area contributed by atoms with Crippen LogP contribution in [0.25, 0.3) is 5.57 Å². The molecule has 2 aromatic rings. The van der Waals surface area contributed by atoms with E-state index in [1.165, 1.54) is 33.7 Å². The van der Waals surface area contributed by atoms with E-state index >= 15 is 0 Å². The molecule has 7 heteroatoms. The number of halogens is 1. The molecule has 0 radical (unpaired) electrons. The van der Waals surface area contributed by atoms with Crippen molar-refractivity contribution in [2.75, 3.05) is 33.1 Å². The van der Waals surface area contributed by atoms with Crippen molar-refractivity contribution in [3.05, 3.63) is 108 Å². The maximum Gasteiger partial charge on any atom is 0.199 e. The minimum atomic E-state index is -4.94. The summed E-state index contributed by atoms with van der Waals surface area (Å²) in [5, 5.41) is 0. The Morgan fingerprint density at radius 2 is 1.28 bits per heavy atom. The summed E-state index contributed by atoms with van der Waals surface area (Å²) in [6.07, 6.45) is 13.0. The predicted octanol–water partition coefficient (Wildman–Crippen LogP) is 0.194. The fourth-order valence-electron chi connectivity index (χ4n) is 2.98. The van der Waals surface area contributed by atoms with Crippen LogP contribution in [0.4, 0.5) is 5.69 Å². The van der Waals surface area contributed by atoms with Crippen molar-refractivity contribution in [3.8, 4) is 0 Å². The predicted molar refractivity (Wildman–Crippen MR) is 118 cm³/mol. The van der Waals surface area contributed by atoms with Crippen LogP contribution < -0.4 is 23.5 Å². The summed E-state index contributed by atoms with van der Waals surface area (Å²) in [4.78, 5) is 2.12. The van der Waals surface area contributed by atoms with E-state index in [0.29, 0.717) is 0 Å². The molecule has 3 rings (SSSR count). The second-order valence-corrected chi connectivity index (χ2v) is 8.17. The molecule has 0 bridgehead atoms. The number of benzene rings is 2. The van der Waals surface area contributed by atoms with Crippen LogP contribution in [-0.2, 0) is 0 Å². The van der Waals surface area contributed by atoms with E-state index in [0.717, 1.165) is 0 Å². The third kappa shape index (κ3) is 8.63. The minimum Gasteiger partial charge on any atom is -0.378 e. The number of rotatable bonds is 4. The molecule has 0 fully saturated rings. The third-order valence-electron chi connectivity index (χ3n) is 4.63. The van der Waals surface area contributed by atoms with Crippen LogP contribution in [0.1, 0.15) is 11.1 Å². The van der Waals surface area contributed by atoms with Gasteiger partial charge in [-0.3, -0.25) is 0 Å². The fraction of sp³-hybridized carbons (Fsp3) is 0.160. The fourth-order valence-corrected chi connectivity index (χ4v) is 2.98. The molecule has 0 atom stereocenters. The highest BCUT2D eigenvalue weighted by molar-refractivity contribution is 6.02. The van der Waals surface area contributed by atoms with Gasteiger partial charge in [0, 0.05) is 31.9 Å². The monoisotopic (exact) mass is 454 g/mol. The summed E-state index contributed by atoms with van der Waals surface area (Å²) >= 11 is 0. The van der Waals surface area contributed by atoms with E-state index in [1.807, 2.05) is 0 Å². The molecule has 0 spiro atoms.